The molecule has 0 aliphatic heterocycles. The topological polar surface area (TPSA) is 9.23 Å². The van der Waals surface area contributed by atoms with E-state index in [2.05, 4.69) is 0 Å². The van der Waals surface area contributed by atoms with Crippen LogP contribution >= 0.6 is 23.1 Å². The Balaban J connectivity index is 1.99. The fraction of sp³-hybridized carbons (Fsp3) is 0.250. The molecule has 0 saturated heterocycles. The van der Waals surface area contributed by atoms with E-state index in [4.69, 9.17) is 4.74 Å². The van der Waals surface area contributed by atoms with E-state index >= 15 is 0 Å². The van der Waals surface area contributed by atoms with Crippen molar-refractivity contribution in [2.45, 2.75) is 23.0 Å². The van der Waals surface area contributed by atoms with Gasteiger partial charge in [0, 0.05) is 15.0 Å². The minimum Gasteiger partial charge on any atom is -0.497 e. The molecule has 5 heteroatoms. The Labute approximate surface area is 131 Å². The molecule has 1 nitrogen and oxygen atoms in total. The van der Waals surface area contributed by atoms with Gasteiger partial charge in [-0.15, -0.1) is 23.1 Å². The van der Waals surface area contributed by atoms with Gasteiger partial charge in [0.2, 0.25) is 0 Å². The molecule has 1 heterocycles. The van der Waals surface area contributed by atoms with Crippen LogP contribution in [0.25, 0.3) is 0 Å². The number of hydrogen-bond acceptors (Lipinski definition) is 3. The van der Waals surface area contributed by atoms with Crippen molar-refractivity contribution in [1.29, 1.82) is 0 Å². The molecule has 1 unspecified atom stereocenters. The molecule has 0 N–H and O–H groups in total. The Morgan fingerprint density at radius 3 is 2.62 bits per heavy atom. The maximum Gasteiger partial charge on any atom is 0.267 e. The van der Waals surface area contributed by atoms with Crippen LogP contribution in [0.4, 0.5) is 8.78 Å². The van der Waals surface area contributed by atoms with Crippen LogP contribution in [-0.2, 0) is 6.42 Å². The standard InChI is InChI=1S/C16H16F2OS2/c1-19-12-4-6-14(7-5-12)21-15(11-16(17)18)9-8-13-3-2-10-20-13/h2-7,10-11,15H,8-9H2,1H3. The lowest BCUT2D eigenvalue weighted by Gasteiger charge is -2.12. The summed E-state index contributed by atoms with van der Waals surface area (Å²) in [6.45, 7) is 0. The summed E-state index contributed by atoms with van der Waals surface area (Å²) >= 11 is 3.11. The van der Waals surface area contributed by atoms with Gasteiger partial charge in [0.25, 0.3) is 6.08 Å². The first kappa shape index (κ1) is 16.0. The highest BCUT2D eigenvalue weighted by Gasteiger charge is 2.11. The molecule has 1 aromatic heterocycles. The van der Waals surface area contributed by atoms with E-state index in [9.17, 15) is 8.78 Å². The largest absolute Gasteiger partial charge is 0.497 e. The second-order valence-electron chi connectivity index (χ2n) is 4.41. The third kappa shape index (κ3) is 5.52. The third-order valence-electron chi connectivity index (χ3n) is 2.91. The van der Waals surface area contributed by atoms with Crippen molar-refractivity contribution in [3.05, 3.63) is 58.8 Å². The van der Waals surface area contributed by atoms with E-state index in [0.29, 0.717) is 6.42 Å². The van der Waals surface area contributed by atoms with Gasteiger partial charge in [-0.05, 0) is 54.6 Å². The second-order valence-corrected chi connectivity index (χ2v) is 6.75. The molecular weight excluding hydrogens is 310 g/mol. The maximum atomic E-state index is 12.6. The van der Waals surface area contributed by atoms with Crippen molar-refractivity contribution in [3.8, 4) is 5.75 Å². The van der Waals surface area contributed by atoms with Crippen LogP contribution in [0.15, 0.2) is 58.8 Å². The highest BCUT2D eigenvalue weighted by atomic mass is 32.2. The van der Waals surface area contributed by atoms with E-state index in [0.717, 1.165) is 23.1 Å². The number of thiophene rings is 1. The Bertz CT molecular complexity index is 560. The van der Waals surface area contributed by atoms with E-state index in [1.54, 1.807) is 18.4 Å². The number of rotatable bonds is 7. The minimum absolute atomic E-state index is 0.231. The van der Waals surface area contributed by atoms with Gasteiger partial charge in [-0.3, -0.25) is 0 Å². The first-order valence-corrected chi connectivity index (χ1v) is 8.29. The molecule has 0 bridgehead atoms. The van der Waals surface area contributed by atoms with Crippen LogP contribution in [0.2, 0.25) is 0 Å². The number of thioether (sulfide) groups is 1. The summed E-state index contributed by atoms with van der Waals surface area (Å²) in [6, 6.07) is 11.5. The average Bonchev–Trinajstić information content (AvgIpc) is 2.98. The molecule has 0 fully saturated rings. The Hall–Kier alpha value is -1.33. The van der Waals surface area contributed by atoms with Crippen molar-refractivity contribution in [2.24, 2.45) is 0 Å². The molecule has 0 saturated carbocycles. The molecule has 1 atom stereocenters. The molecule has 0 aliphatic carbocycles. The molecular formula is C16H16F2OS2. The van der Waals surface area contributed by atoms with Crippen molar-refractivity contribution >= 4 is 23.1 Å². The Morgan fingerprint density at radius 1 is 1.29 bits per heavy atom. The van der Waals surface area contributed by atoms with Crippen LogP contribution in [0.3, 0.4) is 0 Å². The molecule has 0 amide bonds. The van der Waals surface area contributed by atoms with E-state index in [-0.39, 0.29) is 5.25 Å². The van der Waals surface area contributed by atoms with Crippen LogP contribution < -0.4 is 4.74 Å². The zero-order chi connectivity index (χ0) is 15.1. The lowest BCUT2D eigenvalue weighted by atomic mass is 10.2. The summed E-state index contributed by atoms with van der Waals surface area (Å²) in [6.07, 6.45) is 0.930. The van der Waals surface area contributed by atoms with Gasteiger partial charge in [0.05, 0.1) is 7.11 Å². The Morgan fingerprint density at radius 2 is 2.05 bits per heavy atom. The number of benzene rings is 1. The van der Waals surface area contributed by atoms with Gasteiger partial charge in [-0.1, -0.05) is 6.07 Å². The summed E-state index contributed by atoms with van der Waals surface area (Å²) in [4.78, 5) is 2.19. The van der Waals surface area contributed by atoms with Crippen LogP contribution in [0.1, 0.15) is 11.3 Å². The predicted octanol–water partition coefficient (Wildman–Crippen LogP) is 5.63. The van der Waals surface area contributed by atoms with Gasteiger partial charge in [-0.2, -0.15) is 8.78 Å². The first-order chi connectivity index (χ1) is 10.2. The summed E-state index contributed by atoms with van der Waals surface area (Å²) in [5.74, 6) is 0.765. The number of halogens is 2. The quantitative estimate of drug-likeness (QED) is 0.610. The highest BCUT2D eigenvalue weighted by Crippen LogP contribution is 2.30. The molecule has 2 rings (SSSR count). The van der Waals surface area contributed by atoms with Crippen molar-refractivity contribution in [3.63, 3.8) is 0 Å². The van der Waals surface area contributed by atoms with Gasteiger partial charge in [0.1, 0.15) is 5.75 Å². The van der Waals surface area contributed by atoms with Gasteiger partial charge < -0.3 is 4.74 Å². The molecule has 0 radical (unpaired) electrons. The number of aryl methyl sites for hydroxylation is 1. The molecule has 0 spiro atoms. The highest BCUT2D eigenvalue weighted by molar-refractivity contribution is 8.00. The van der Waals surface area contributed by atoms with E-state index < -0.39 is 6.08 Å². The smallest absolute Gasteiger partial charge is 0.267 e. The third-order valence-corrected chi connectivity index (χ3v) is 5.07. The summed E-state index contributed by atoms with van der Waals surface area (Å²) in [5, 5.41) is 1.78. The normalized spacial score (nSPS) is 12.0. The minimum atomic E-state index is -1.62. The second kappa shape index (κ2) is 8.20. The zero-order valence-corrected chi connectivity index (χ0v) is 13.2. The monoisotopic (exact) mass is 326 g/mol. The van der Waals surface area contributed by atoms with Crippen LogP contribution in [-0.4, -0.2) is 12.4 Å². The molecule has 21 heavy (non-hydrogen) atoms. The first-order valence-electron chi connectivity index (χ1n) is 6.53. The number of methoxy groups -OCH3 is 1. The summed E-state index contributed by atoms with van der Waals surface area (Å²) in [5.41, 5.74) is 0. The lowest BCUT2D eigenvalue weighted by molar-refractivity contribution is 0.414. The number of ether oxygens (including phenoxy) is 1. The van der Waals surface area contributed by atoms with Crippen molar-refractivity contribution in [1.82, 2.24) is 0 Å². The van der Waals surface area contributed by atoms with E-state index in [1.807, 2.05) is 41.8 Å². The van der Waals surface area contributed by atoms with Crippen molar-refractivity contribution in [2.75, 3.05) is 7.11 Å². The summed E-state index contributed by atoms with van der Waals surface area (Å²) in [7, 11) is 1.60. The fourth-order valence-electron chi connectivity index (χ4n) is 1.89. The lowest BCUT2D eigenvalue weighted by Crippen LogP contribution is -2.01. The van der Waals surface area contributed by atoms with Gasteiger partial charge >= 0.3 is 0 Å². The molecule has 0 aliphatic rings. The van der Waals surface area contributed by atoms with Crippen LogP contribution in [0.5, 0.6) is 5.75 Å². The SMILES string of the molecule is COc1ccc(SC(C=C(F)F)CCc2cccs2)cc1. The number of hydrogen-bond donors (Lipinski definition) is 0. The maximum absolute atomic E-state index is 12.6. The average molecular weight is 326 g/mol. The molecule has 1 aromatic carbocycles. The van der Waals surface area contributed by atoms with Gasteiger partial charge in [-0.25, -0.2) is 0 Å². The molecule has 112 valence electrons. The van der Waals surface area contributed by atoms with E-state index in [1.165, 1.54) is 16.6 Å². The van der Waals surface area contributed by atoms with Gasteiger partial charge in [0.15, 0.2) is 0 Å². The Kier molecular flexibility index (Phi) is 6.26. The van der Waals surface area contributed by atoms with Crippen molar-refractivity contribution < 1.29 is 13.5 Å². The fourth-order valence-corrected chi connectivity index (χ4v) is 3.66. The predicted molar refractivity (Wildman–Crippen MR) is 85.6 cm³/mol. The zero-order valence-electron chi connectivity index (χ0n) is 11.6. The van der Waals surface area contributed by atoms with Crippen LogP contribution in [0, 0.1) is 0 Å². The summed E-state index contributed by atoms with van der Waals surface area (Å²) < 4.78 is 30.3. The molecule has 2 aromatic rings.